The van der Waals surface area contributed by atoms with E-state index in [1.54, 1.807) is 18.2 Å². The summed E-state index contributed by atoms with van der Waals surface area (Å²) >= 11 is 0. The van der Waals surface area contributed by atoms with E-state index in [-0.39, 0.29) is 0 Å². The van der Waals surface area contributed by atoms with Crippen molar-refractivity contribution in [1.29, 1.82) is 5.26 Å². The number of nitrogen functional groups attached to an aromatic ring is 1. The van der Waals surface area contributed by atoms with Crippen LogP contribution in [-0.4, -0.2) is 6.04 Å². The Morgan fingerprint density at radius 3 is 2.62 bits per heavy atom. The monoisotopic (exact) mass is 217 g/mol. The number of anilines is 2. The van der Waals surface area contributed by atoms with Crippen molar-refractivity contribution in [3.8, 4) is 6.07 Å². The molecule has 3 nitrogen and oxygen atoms in total. The van der Waals surface area contributed by atoms with Gasteiger partial charge < -0.3 is 11.1 Å². The van der Waals surface area contributed by atoms with Crippen LogP contribution in [0.15, 0.2) is 18.2 Å². The lowest BCUT2D eigenvalue weighted by molar-refractivity contribution is 0.540. The molecule has 1 unspecified atom stereocenters. The molecule has 0 saturated carbocycles. The van der Waals surface area contributed by atoms with Crippen LogP contribution in [-0.2, 0) is 0 Å². The van der Waals surface area contributed by atoms with Gasteiger partial charge in [-0.05, 0) is 37.5 Å². The smallest absolute Gasteiger partial charge is 0.0992 e. The first-order valence-electron chi connectivity index (χ1n) is 5.59. The number of hydrogen-bond acceptors (Lipinski definition) is 3. The predicted octanol–water partition coefficient (Wildman–Crippen LogP) is 2.99. The molecule has 0 radical (unpaired) electrons. The summed E-state index contributed by atoms with van der Waals surface area (Å²) in [5, 5.41) is 12.2. The molecule has 0 aliphatic rings. The average Bonchev–Trinajstić information content (AvgIpc) is 2.20. The van der Waals surface area contributed by atoms with Crippen LogP contribution >= 0.6 is 0 Å². The Morgan fingerprint density at radius 2 is 2.06 bits per heavy atom. The van der Waals surface area contributed by atoms with Gasteiger partial charge in [0.1, 0.15) is 0 Å². The Balaban J connectivity index is 2.76. The van der Waals surface area contributed by atoms with Gasteiger partial charge in [0.05, 0.1) is 23.0 Å². The Morgan fingerprint density at radius 1 is 1.38 bits per heavy atom. The molecule has 0 aliphatic carbocycles. The van der Waals surface area contributed by atoms with E-state index in [0.29, 0.717) is 23.2 Å². The summed E-state index contributed by atoms with van der Waals surface area (Å²) in [6, 6.07) is 7.77. The highest BCUT2D eigenvalue weighted by Crippen LogP contribution is 2.21. The summed E-state index contributed by atoms with van der Waals surface area (Å²) in [5.41, 5.74) is 8.03. The summed E-state index contributed by atoms with van der Waals surface area (Å²) in [5.74, 6) is 0.642. The SMILES string of the molecule is CC(C)CC(C)Nc1cc(C#N)ccc1N. The Bertz CT molecular complexity index is 391. The van der Waals surface area contributed by atoms with E-state index in [2.05, 4.69) is 32.2 Å². The van der Waals surface area contributed by atoms with Crippen molar-refractivity contribution in [3.05, 3.63) is 23.8 Å². The van der Waals surface area contributed by atoms with Crippen LogP contribution < -0.4 is 11.1 Å². The molecule has 1 aromatic rings. The molecule has 1 rings (SSSR count). The van der Waals surface area contributed by atoms with Gasteiger partial charge in [0, 0.05) is 6.04 Å². The standard InChI is InChI=1S/C13H19N3/c1-9(2)6-10(3)16-13-7-11(8-14)4-5-12(13)15/h4-5,7,9-10,16H,6,15H2,1-3H3. The third-order valence-electron chi connectivity index (χ3n) is 2.41. The van der Waals surface area contributed by atoms with Gasteiger partial charge in [0.15, 0.2) is 0 Å². The average molecular weight is 217 g/mol. The van der Waals surface area contributed by atoms with E-state index in [1.807, 2.05) is 0 Å². The predicted molar refractivity (Wildman–Crippen MR) is 68.1 cm³/mol. The minimum absolute atomic E-state index is 0.358. The second-order valence-electron chi connectivity index (χ2n) is 4.59. The van der Waals surface area contributed by atoms with Crippen LogP contribution in [0.3, 0.4) is 0 Å². The van der Waals surface area contributed by atoms with Crippen molar-refractivity contribution in [2.75, 3.05) is 11.1 Å². The van der Waals surface area contributed by atoms with Gasteiger partial charge in [-0.15, -0.1) is 0 Å². The molecule has 0 spiro atoms. The van der Waals surface area contributed by atoms with Crippen LogP contribution in [0.2, 0.25) is 0 Å². The molecule has 3 N–H and O–H groups in total. The van der Waals surface area contributed by atoms with Crippen molar-refractivity contribution in [2.45, 2.75) is 33.2 Å². The first-order chi connectivity index (χ1) is 7.52. The van der Waals surface area contributed by atoms with Gasteiger partial charge in [-0.3, -0.25) is 0 Å². The first-order valence-corrected chi connectivity index (χ1v) is 5.59. The molecule has 16 heavy (non-hydrogen) atoms. The fourth-order valence-electron chi connectivity index (χ4n) is 1.78. The van der Waals surface area contributed by atoms with Gasteiger partial charge in [-0.25, -0.2) is 0 Å². The topological polar surface area (TPSA) is 61.8 Å². The first kappa shape index (κ1) is 12.4. The number of hydrogen-bond donors (Lipinski definition) is 2. The Kier molecular flexibility index (Phi) is 4.19. The fourth-order valence-corrected chi connectivity index (χ4v) is 1.78. The molecule has 1 atom stereocenters. The lowest BCUT2D eigenvalue weighted by Gasteiger charge is -2.18. The minimum Gasteiger partial charge on any atom is -0.397 e. The number of nitrogens with one attached hydrogen (secondary N) is 1. The third kappa shape index (κ3) is 3.47. The highest BCUT2D eigenvalue weighted by atomic mass is 14.9. The third-order valence-corrected chi connectivity index (χ3v) is 2.41. The van der Waals surface area contributed by atoms with Gasteiger partial charge in [0.2, 0.25) is 0 Å². The normalized spacial score (nSPS) is 12.2. The second-order valence-corrected chi connectivity index (χ2v) is 4.59. The van der Waals surface area contributed by atoms with E-state index in [1.165, 1.54) is 0 Å². The van der Waals surface area contributed by atoms with Gasteiger partial charge in [-0.1, -0.05) is 13.8 Å². The maximum Gasteiger partial charge on any atom is 0.0992 e. The van der Waals surface area contributed by atoms with Gasteiger partial charge in [-0.2, -0.15) is 5.26 Å². The number of rotatable bonds is 4. The molecule has 86 valence electrons. The quantitative estimate of drug-likeness (QED) is 0.762. The molecule has 0 saturated heterocycles. The molecule has 1 aromatic carbocycles. The van der Waals surface area contributed by atoms with E-state index in [4.69, 9.17) is 11.0 Å². The van der Waals surface area contributed by atoms with Crippen molar-refractivity contribution < 1.29 is 0 Å². The van der Waals surface area contributed by atoms with Gasteiger partial charge in [0.25, 0.3) is 0 Å². The van der Waals surface area contributed by atoms with Crippen LogP contribution in [0.25, 0.3) is 0 Å². The maximum absolute atomic E-state index is 8.81. The molecule has 0 aliphatic heterocycles. The summed E-state index contributed by atoms with van der Waals surface area (Å²) in [7, 11) is 0. The van der Waals surface area contributed by atoms with Crippen molar-refractivity contribution >= 4 is 11.4 Å². The number of nitriles is 1. The van der Waals surface area contributed by atoms with Crippen molar-refractivity contribution in [1.82, 2.24) is 0 Å². The van der Waals surface area contributed by atoms with Crippen LogP contribution in [0.5, 0.6) is 0 Å². The van der Waals surface area contributed by atoms with E-state index in [9.17, 15) is 0 Å². The summed E-state index contributed by atoms with van der Waals surface area (Å²) in [4.78, 5) is 0. The summed E-state index contributed by atoms with van der Waals surface area (Å²) in [6.07, 6.45) is 1.08. The van der Waals surface area contributed by atoms with Crippen LogP contribution in [0.4, 0.5) is 11.4 Å². The molecule has 0 fully saturated rings. The van der Waals surface area contributed by atoms with Crippen LogP contribution in [0.1, 0.15) is 32.8 Å². The largest absolute Gasteiger partial charge is 0.397 e. The Hall–Kier alpha value is -1.69. The zero-order valence-electron chi connectivity index (χ0n) is 10.1. The zero-order valence-corrected chi connectivity index (χ0v) is 10.1. The zero-order chi connectivity index (χ0) is 12.1. The maximum atomic E-state index is 8.81. The highest BCUT2D eigenvalue weighted by molar-refractivity contribution is 5.68. The fraction of sp³-hybridized carbons (Fsp3) is 0.462. The van der Waals surface area contributed by atoms with Crippen molar-refractivity contribution in [3.63, 3.8) is 0 Å². The highest BCUT2D eigenvalue weighted by Gasteiger charge is 2.07. The van der Waals surface area contributed by atoms with Gasteiger partial charge >= 0.3 is 0 Å². The molecule has 0 amide bonds. The molecule has 0 aromatic heterocycles. The number of nitrogens with two attached hydrogens (primary N) is 1. The molecular formula is C13H19N3. The molecule has 0 bridgehead atoms. The Labute approximate surface area is 97.3 Å². The van der Waals surface area contributed by atoms with E-state index < -0.39 is 0 Å². The summed E-state index contributed by atoms with van der Waals surface area (Å²) < 4.78 is 0. The summed E-state index contributed by atoms with van der Waals surface area (Å²) in [6.45, 7) is 6.50. The number of benzene rings is 1. The van der Waals surface area contributed by atoms with Crippen molar-refractivity contribution in [2.24, 2.45) is 5.92 Å². The van der Waals surface area contributed by atoms with Crippen LogP contribution in [0, 0.1) is 17.2 Å². The molecular weight excluding hydrogens is 198 g/mol. The number of nitrogens with zero attached hydrogens (tertiary/aromatic N) is 1. The lowest BCUT2D eigenvalue weighted by atomic mass is 10.0. The van der Waals surface area contributed by atoms with E-state index >= 15 is 0 Å². The molecule has 0 heterocycles. The second kappa shape index (κ2) is 5.41. The van der Waals surface area contributed by atoms with E-state index in [0.717, 1.165) is 12.1 Å². The minimum atomic E-state index is 0.358. The lowest BCUT2D eigenvalue weighted by Crippen LogP contribution is -2.18. The molecule has 3 heteroatoms.